The van der Waals surface area contributed by atoms with E-state index in [1.54, 1.807) is 17.6 Å². The first-order chi connectivity index (χ1) is 12.6. The molecule has 0 atom stereocenters. The van der Waals surface area contributed by atoms with Crippen LogP contribution in [0.5, 0.6) is 0 Å². The lowest BCUT2D eigenvalue weighted by Gasteiger charge is -2.34. The van der Waals surface area contributed by atoms with Gasteiger partial charge in [0.1, 0.15) is 0 Å². The van der Waals surface area contributed by atoms with Gasteiger partial charge in [0.15, 0.2) is 0 Å². The highest BCUT2D eigenvalue weighted by Gasteiger charge is 2.18. The number of nitrogens with zero attached hydrogens (tertiary/aromatic N) is 3. The molecule has 1 aromatic heterocycles. The standard InChI is InChI=1S/C19H23ClN4OS/c1-15-2-7-18(26-15)12-21-22-19(25)14-24-10-8-23(9-11-24)13-16-3-5-17(20)6-4-16/h2-7,12H,8-11,13-14H2,1H3,(H,22,25). The quantitative estimate of drug-likeness (QED) is 0.609. The van der Waals surface area contributed by atoms with Crippen molar-refractivity contribution in [3.8, 4) is 0 Å². The number of hydrogen-bond acceptors (Lipinski definition) is 5. The maximum Gasteiger partial charge on any atom is 0.254 e. The van der Waals surface area contributed by atoms with Crippen LogP contribution in [0.3, 0.4) is 0 Å². The molecule has 0 aliphatic carbocycles. The van der Waals surface area contributed by atoms with Crippen LogP contribution in [0, 0.1) is 6.92 Å². The van der Waals surface area contributed by atoms with E-state index in [0.29, 0.717) is 6.54 Å². The fraction of sp³-hybridized carbons (Fsp3) is 0.368. The Kier molecular flexibility index (Phi) is 6.80. The average molecular weight is 391 g/mol. The molecule has 1 amide bonds. The maximum atomic E-state index is 12.0. The molecule has 1 aliphatic heterocycles. The fourth-order valence-electron chi connectivity index (χ4n) is 2.88. The molecule has 1 aromatic carbocycles. The lowest BCUT2D eigenvalue weighted by molar-refractivity contribution is -0.122. The minimum absolute atomic E-state index is 0.0688. The Bertz CT molecular complexity index is 751. The Labute approximate surface area is 163 Å². The summed E-state index contributed by atoms with van der Waals surface area (Å²) in [4.78, 5) is 18.9. The van der Waals surface area contributed by atoms with Gasteiger partial charge >= 0.3 is 0 Å². The summed E-state index contributed by atoms with van der Waals surface area (Å²) in [5, 5.41) is 4.80. The number of carbonyl (C=O) groups excluding carboxylic acids is 1. The van der Waals surface area contributed by atoms with Crippen LogP contribution in [-0.2, 0) is 11.3 Å². The Hall–Kier alpha value is -1.73. The number of benzene rings is 1. The summed E-state index contributed by atoms with van der Waals surface area (Å²) < 4.78 is 0. The van der Waals surface area contributed by atoms with E-state index in [2.05, 4.69) is 32.5 Å². The molecule has 1 aliphatic rings. The fourth-order valence-corrected chi connectivity index (χ4v) is 3.76. The molecule has 0 spiro atoms. The van der Waals surface area contributed by atoms with E-state index in [-0.39, 0.29) is 5.91 Å². The van der Waals surface area contributed by atoms with Gasteiger partial charge in [-0.15, -0.1) is 11.3 Å². The summed E-state index contributed by atoms with van der Waals surface area (Å²) in [6, 6.07) is 12.0. The van der Waals surface area contributed by atoms with Crippen molar-refractivity contribution < 1.29 is 4.79 Å². The van der Waals surface area contributed by atoms with E-state index in [1.807, 2.05) is 31.2 Å². The van der Waals surface area contributed by atoms with Crippen LogP contribution in [0.4, 0.5) is 0 Å². The van der Waals surface area contributed by atoms with Crippen molar-refractivity contribution in [3.63, 3.8) is 0 Å². The molecule has 5 nitrogen and oxygen atoms in total. The molecule has 0 unspecified atom stereocenters. The number of aryl methyl sites for hydroxylation is 1. The van der Waals surface area contributed by atoms with Gasteiger partial charge < -0.3 is 0 Å². The van der Waals surface area contributed by atoms with Gasteiger partial charge in [-0.05, 0) is 36.8 Å². The van der Waals surface area contributed by atoms with Gasteiger partial charge in [0.05, 0.1) is 12.8 Å². The summed E-state index contributed by atoms with van der Waals surface area (Å²) in [7, 11) is 0. The minimum Gasteiger partial charge on any atom is -0.297 e. The first-order valence-corrected chi connectivity index (χ1v) is 9.85. The number of halogens is 1. The maximum absolute atomic E-state index is 12.0. The van der Waals surface area contributed by atoms with Crippen molar-refractivity contribution in [2.45, 2.75) is 13.5 Å². The second-order valence-electron chi connectivity index (χ2n) is 6.42. The first-order valence-electron chi connectivity index (χ1n) is 8.66. The first kappa shape index (κ1) is 19.0. The number of amides is 1. The number of carbonyl (C=O) groups is 1. The van der Waals surface area contributed by atoms with Crippen LogP contribution in [0.15, 0.2) is 41.5 Å². The molecule has 3 rings (SSSR count). The van der Waals surface area contributed by atoms with Crippen LogP contribution in [0.2, 0.25) is 5.02 Å². The second kappa shape index (κ2) is 9.28. The van der Waals surface area contributed by atoms with Crippen molar-refractivity contribution in [2.75, 3.05) is 32.7 Å². The summed E-state index contributed by atoms with van der Waals surface area (Å²) in [6.45, 7) is 7.02. The predicted octanol–water partition coefficient (Wildman–Crippen LogP) is 2.98. The number of nitrogens with one attached hydrogen (secondary N) is 1. The molecule has 138 valence electrons. The normalized spacial score (nSPS) is 16.2. The van der Waals surface area contributed by atoms with Gasteiger partial charge in [-0.2, -0.15) is 5.10 Å². The highest BCUT2D eigenvalue weighted by Crippen LogP contribution is 2.13. The van der Waals surface area contributed by atoms with Crippen molar-refractivity contribution >= 4 is 35.1 Å². The Morgan fingerprint density at radius 3 is 2.50 bits per heavy atom. The SMILES string of the molecule is Cc1ccc(C=NNC(=O)CN2CCN(Cc3ccc(Cl)cc3)CC2)s1. The Morgan fingerprint density at radius 1 is 1.15 bits per heavy atom. The van der Waals surface area contributed by atoms with E-state index in [4.69, 9.17) is 11.6 Å². The molecule has 1 fully saturated rings. The van der Waals surface area contributed by atoms with Crippen LogP contribution >= 0.6 is 22.9 Å². The van der Waals surface area contributed by atoms with Gasteiger partial charge in [-0.25, -0.2) is 5.43 Å². The molecule has 26 heavy (non-hydrogen) atoms. The predicted molar refractivity (Wildman–Crippen MR) is 108 cm³/mol. The molecule has 1 N–H and O–H groups in total. The van der Waals surface area contributed by atoms with Crippen molar-refractivity contribution in [2.24, 2.45) is 5.10 Å². The summed E-state index contributed by atoms with van der Waals surface area (Å²) >= 11 is 7.58. The zero-order valence-electron chi connectivity index (χ0n) is 14.8. The summed E-state index contributed by atoms with van der Waals surface area (Å²) in [6.07, 6.45) is 1.69. The van der Waals surface area contributed by atoms with Crippen LogP contribution in [-0.4, -0.2) is 54.6 Å². The third-order valence-electron chi connectivity index (χ3n) is 4.29. The van der Waals surface area contributed by atoms with Crippen LogP contribution in [0.25, 0.3) is 0 Å². The van der Waals surface area contributed by atoms with Gasteiger partial charge in [0, 0.05) is 47.5 Å². The van der Waals surface area contributed by atoms with Crippen molar-refractivity contribution in [1.82, 2.24) is 15.2 Å². The largest absolute Gasteiger partial charge is 0.297 e. The van der Waals surface area contributed by atoms with Crippen molar-refractivity contribution in [3.05, 3.63) is 56.7 Å². The van der Waals surface area contributed by atoms with E-state index in [9.17, 15) is 4.79 Å². The highest BCUT2D eigenvalue weighted by atomic mass is 35.5. The van der Waals surface area contributed by atoms with Crippen LogP contribution < -0.4 is 5.43 Å². The lowest BCUT2D eigenvalue weighted by Crippen LogP contribution is -2.48. The third kappa shape index (κ3) is 5.92. The highest BCUT2D eigenvalue weighted by molar-refractivity contribution is 7.13. The van der Waals surface area contributed by atoms with E-state index >= 15 is 0 Å². The van der Waals surface area contributed by atoms with Gasteiger partial charge in [0.2, 0.25) is 0 Å². The monoisotopic (exact) mass is 390 g/mol. The summed E-state index contributed by atoms with van der Waals surface area (Å²) in [5.41, 5.74) is 3.88. The number of hydrogen-bond donors (Lipinski definition) is 1. The Morgan fingerprint density at radius 2 is 1.85 bits per heavy atom. The zero-order chi connectivity index (χ0) is 18.4. The molecule has 2 heterocycles. The molecule has 2 aromatic rings. The lowest BCUT2D eigenvalue weighted by atomic mass is 10.2. The zero-order valence-corrected chi connectivity index (χ0v) is 16.4. The molecule has 0 bridgehead atoms. The minimum atomic E-state index is -0.0688. The van der Waals surface area contributed by atoms with Crippen molar-refractivity contribution in [1.29, 1.82) is 0 Å². The number of hydrazone groups is 1. The topological polar surface area (TPSA) is 47.9 Å². The number of thiophene rings is 1. The van der Waals surface area contributed by atoms with Crippen LogP contribution in [0.1, 0.15) is 15.3 Å². The smallest absolute Gasteiger partial charge is 0.254 e. The van der Waals surface area contributed by atoms with E-state index in [1.165, 1.54) is 10.4 Å². The second-order valence-corrected chi connectivity index (χ2v) is 8.18. The molecule has 0 radical (unpaired) electrons. The average Bonchev–Trinajstić information content (AvgIpc) is 3.04. The molecular formula is C19H23ClN4OS. The van der Waals surface area contributed by atoms with Gasteiger partial charge in [-0.1, -0.05) is 23.7 Å². The number of rotatable bonds is 6. The van der Waals surface area contributed by atoms with Gasteiger partial charge in [0.25, 0.3) is 5.91 Å². The molecule has 1 saturated heterocycles. The Balaban J connectivity index is 1.37. The summed E-state index contributed by atoms with van der Waals surface area (Å²) in [5.74, 6) is -0.0688. The molecule has 7 heteroatoms. The third-order valence-corrected chi connectivity index (χ3v) is 5.48. The molecule has 0 saturated carbocycles. The van der Waals surface area contributed by atoms with E-state index < -0.39 is 0 Å². The van der Waals surface area contributed by atoms with Gasteiger partial charge in [-0.3, -0.25) is 14.6 Å². The number of piperazine rings is 1. The van der Waals surface area contributed by atoms with E-state index in [0.717, 1.165) is 42.6 Å². The molecular weight excluding hydrogens is 368 g/mol.